The third kappa shape index (κ3) is 5.18. The molecular formula is C15H20N4O5. The van der Waals surface area contributed by atoms with Gasteiger partial charge in [-0.2, -0.15) is 5.10 Å². The van der Waals surface area contributed by atoms with Gasteiger partial charge in [0.2, 0.25) is 11.8 Å². The molecule has 1 aromatic heterocycles. The highest BCUT2D eigenvalue weighted by atomic mass is 16.4. The second-order valence-corrected chi connectivity index (χ2v) is 5.62. The van der Waals surface area contributed by atoms with Gasteiger partial charge in [-0.25, -0.2) is 4.68 Å². The van der Waals surface area contributed by atoms with Crippen molar-refractivity contribution in [1.82, 2.24) is 20.4 Å². The summed E-state index contributed by atoms with van der Waals surface area (Å²) in [6.07, 6.45) is 4.75. The van der Waals surface area contributed by atoms with Crippen LogP contribution in [0.2, 0.25) is 0 Å². The van der Waals surface area contributed by atoms with Crippen LogP contribution in [0.4, 0.5) is 0 Å². The van der Waals surface area contributed by atoms with E-state index in [4.69, 9.17) is 5.11 Å². The van der Waals surface area contributed by atoms with Crippen LogP contribution in [0.15, 0.2) is 10.9 Å². The predicted molar refractivity (Wildman–Crippen MR) is 83.4 cm³/mol. The van der Waals surface area contributed by atoms with Crippen LogP contribution in [0.5, 0.6) is 0 Å². The Morgan fingerprint density at radius 3 is 2.54 bits per heavy atom. The van der Waals surface area contributed by atoms with Crippen LogP contribution in [-0.2, 0) is 33.8 Å². The Balaban J connectivity index is 1.92. The van der Waals surface area contributed by atoms with Crippen molar-refractivity contribution in [2.75, 3.05) is 13.1 Å². The number of carbonyl (C=O) groups is 3. The van der Waals surface area contributed by atoms with Gasteiger partial charge in [-0.1, -0.05) is 6.42 Å². The van der Waals surface area contributed by atoms with E-state index in [1.54, 1.807) is 0 Å². The number of nitrogens with zero attached hydrogens (tertiary/aromatic N) is 2. The Bertz CT molecular complexity index is 698. The molecule has 1 aromatic rings. The maximum absolute atomic E-state index is 12.0. The number of aromatic nitrogens is 2. The zero-order chi connectivity index (χ0) is 17.5. The SMILES string of the molecule is O=C(O)CNC(=O)CNC(=O)Cn1nc2c(cc1=O)CCCCC2. The van der Waals surface area contributed by atoms with Crippen molar-refractivity contribution in [2.45, 2.75) is 38.6 Å². The van der Waals surface area contributed by atoms with Crippen LogP contribution < -0.4 is 16.2 Å². The van der Waals surface area contributed by atoms with Gasteiger partial charge in [-0.05, 0) is 31.2 Å². The molecule has 2 rings (SSSR count). The molecule has 0 aliphatic heterocycles. The van der Waals surface area contributed by atoms with Crippen molar-refractivity contribution < 1.29 is 19.5 Å². The fourth-order valence-corrected chi connectivity index (χ4v) is 2.50. The molecule has 0 aromatic carbocycles. The molecule has 2 amide bonds. The molecular weight excluding hydrogens is 316 g/mol. The van der Waals surface area contributed by atoms with E-state index in [0.717, 1.165) is 48.0 Å². The first kappa shape index (κ1) is 17.6. The lowest BCUT2D eigenvalue weighted by atomic mass is 10.1. The molecule has 0 fully saturated rings. The highest BCUT2D eigenvalue weighted by molar-refractivity contribution is 5.86. The number of aryl methyl sites for hydroxylation is 2. The minimum absolute atomic E-state index is 0.279. The monoisotopic (exact) mass is 336 g/mol. The molecule has 9 nitrogen and oxygen atoms in total. The van der Waals surface area contributed by atoms with Gasteiger partial charge in [0.05, 0.1) is 12.2 Å². The summed E-state index contributed by atoms with van der Waals surface area (Å²) in [6, 6.07) is 1.53. The number of hydrogen-bond donors (Lipinski definition) is 3. The molecule has 0 radical (unpaired) electrons. The van der Waals surface area contributed by atoms with Crippen molar-refractivity contribution in [3.8, 4) is 0 Å². The van der Waals surface area contributed by atoms with Crippen LogP contribution in [0.25, 0.3) is 0 Å². The molecule has 0 bridgehead atoms. The Morgan fingerprint density at radius 2 is 1.79 bits per heavy atom. The summed E-state index contributed by atoms with van der Waals surface area (Å²) in [5.74, 6) is -2.33. The van der Waals surface area contributed by atoms with Gasteiger partial charge in [-0.3, -0.25) is 19.2 Å². The van der Waals surface area contributed by atoms with E-state index in [0.29, 0.717) is 0 Å². The van der Waals surface area contributed by atoms with E-state index >= 15 is 0 Å². The minimum Gasteiger partial charge on any atom is -0.480 e. The number of aliphatic carboxylic acids is 1. The average molecular weight is 336 g/mol. The van der Waals surface area contributed by atoms with E-state index < -0.39 is 24.3 Å². The van der Waals surface area contributed by atoms with Crippen LogP contribution >= 0.6 is 0 Å². The molecule has 0 spiro atoms. The van der Waals surface area contributed by atoms with Crippen LogP contribution in [0.3, 0.4) is 0 Å². The lowest BCUT2D eigenvalue weighted by molar-refractivity contribution is -0.137. The quantitative estimate of drug-likeness (QED) is 0.561. The Kier molecular flexibility index (Phi) is 6.05. The Morgan fingerprint density at radius 1 is 1.08 bits per heavy atom. The number of nitrogens with one attached hydrogen (secondary N) is 2. The largest absolute Gasteiger partial charge is 0.480 e. The lowest BCUT2D eigenvalue weighted by Gasteiger charge is -2.10. The van der Waals surface area contributed by atoms with Crippen molar-refractivity contribution in [1.29, 1.82) is 0 Å². The highest BCUT2D eigenvalue weighted by Gasteiger charge is 2.14. The molecule has 9 heteroatoms. The number of carboxylic acid groups (broad SMARTS) is 1. The standard InChI is InChI=1S/C15H20N4O5/c20-12(17-8-15(23)24)7-16-13(21)9-19-14(22)6-10-4-2-1-3-5-11(10)18-19/h6H,1-5,7-9H2,(H,16,21)(H,17,20)(H,23,24). The molecule has 1 aliphatic rings. The molecule has 1 aliphatic carbocycles. The molecule has 0 saturated carbocycles. The fourth-order valence-electron chi connectivity index (χ4n) is 2.50. The van der Waals surface area contributed by atoms with Gasteiger partial charge < -0.3 is 15.7 Å². The van der Waals surface area contributed by atoms with E-state index in [2.05, 4.69) is 15.7 Å². The Hall–Kier alpha value is -2.71. The summed E-state index contributed by atoms with van der Waals surface area (Å²) in [5, 5.41) is 17.2. The molecule has 0 unspecified atom stereocenters. The van der Waals surface area contributed by atoms with Crippen molar-refractivity contribution in [3.05, 3.63) is 27.7 Å². The number of fused-ring (bicyclic) bond motifs is 1. The smallest absolute Gasteiger partial charge is 0.322 e. The molecule has 1 heterocycles. The molecule has 0 atom stereocenters. The van der Waals surface area contributed by atoms with Crippen molar-refractivity contribution in [2.24, 2.45) is 0 Å². The second-order valence-electron chi connectivity index (χ2n) is 5.62. The summed E-state index contributed by atoms with van der Waals surface area (Å²) in [7, 11) is 0. The zero-order valence-corrected chi connectivity index (χ0v) is 13.2. The van der Waals surface area contributed by atoms with E-state index in [1.807, 2.05) is 0 Å². The van der Waals surface area contributed by atoms with Crippen LogP contribution in [0, 0.1) is 0 Å². The maximum atomic E-state index is 12.0. The molecule has 0 saturated heterocycles. The number of carboxylic acids is 1. The first-order valence-corrected chi connectivity index (χ1v) is 7.81. The summed E-state index contributed by atoms with van der Waals surface area (Å²) in [5.41, 5.74) is 1.45. The Labute approximate surface area is 138 Å². The first-order chi connectivity index (χ1) is 11.5. The normalized spacial score (nSPS) is 13.5. The number of carbonyl (C=O) groups excluding carboxylic acids is 2. The molecule has 24 heavy (non-hydrogen) atoms. The minimum atomic E-state index is -1.17. The van der Waals surface area contributed by atoms with E-state index in [1.165, 1.54) is 6.07 Å². The summed E-state index contributed by atoms with van der Waals surface area (Å²) >= 11 is 0. The number of amides is 2. The molecule has 3 N–H and O–H groups in total. The summed E-state index contributed by atoms with van der Waals surface area (Å²) in [4.78, 5) is 45.5. The van der Waals surface area contributed by atoms with Gasteiger partial charge in [0.1, 0.15) is 13.1 Å². The second kappa shape index (κ2) is 8.23. The number of hydrogen-bond acceptors (Lipinski definition) is 5. The van der Waals surface area contributed by atoms with E-state index in [9.17, 15) is 19.2 Å². The van der Waals surface area contributed by atoms with Gasteiger partial charge >= 0.3 is 5.97 Å². The van der Waals surface area contributed by atoms with Gasteiger partial charge in [0, 0.05) is 6.07 Å². The van der Waals surface area contributed by atoms with Crippen LogP contribution in [-0.4, -0.2) is 45.8 Å². The lowest BCUT2D eigenvalue weighted by Crippen LogP contribution is -2.41. The average Bonchev–Trinajstić information content (AvgIpc) is 2.76. The third-order valence-electron chi connectivity index (χ3n) is 3.70. The maximum Gasteiger partial charge on any atom is 0.322 e. The van der Waals surface area contributed by atoms with Crippen molar-refractivity contribution in [3.63, 3.8) is 0 Å². The van der Waals surface area contributed by atoms with Gasteiger partial charge in [-0.15, -0.1) is 0 Å². The zero-order valence-electron chi connectivity index (χ0n) is 13.2. The predicted octanol–water partition coefficient (Wildman–Crippen LogP) is -1.17. The van der Waals surface area contributed by atoms with Crippen LogP contribution in [0.1, 0.15) is 30.5 Å². The number of rotatable bonds is 6. The van der Waals surface area contributed by atoms with E-state index in [-0.39, 0.29) is 18.6 Å². The summed E-state index contributed by atoms with van der Waals surface area (Å²) < 4.78 is 1.09. The third-order valence-corrected chi connectivity index (χ3v) is 3.70. The molecule has 130 valence electrons. The highest BCUT2D eigenvalue weighted by Crippen LogP contribution is 2.16. The van der Waals surface area contributed by atoms with Gasteiger partial charge in [0.25, 0.3) is 5.56 Å². The van der Waals surface area contributed by atoms with Gasteiger partial charge in [0.15, 0.2) is 0 Å². The fraction of sp³-hybridized carbons (Fsp3) is 0.533. The topological polar surface area (TPSA) is 130 Å². The first-order valence-electron chi connectivity index (χ1n) is 7.81. The summed E-state index contributed by atoms with van der Waals surface area (Å²) in [6.45, 7) is -1.15. The van der Waals surface area contributed by atoms with Crippen molar-refractivity contribution >= 4 is 17.8 Å².